The summed E-state index contributed by atoms with van der Waals surface area (Å²) in [5.74, 6) is 0.176. The summed E-state index contributed by atoms with van der Waals surface area (Å²) in [5, 5.41) is 3.64. The highest BCUT2D eigenvalue weighted by atomic mass is 32.2. The first-order valence-electron chi connectivity index (χ1n) is 10.6. The molecule has 1 unspecified atom stereocenters. The van der Waals surface area contributed by atoms with Crippen LogP contribution in [0.4, 0.5) is 5.69 Å². The van der Waals surface area contributed by atoms with Crippen LogP contribution >= 0.6 is 12.2 Å². The summed E-state index contributed by atoms with van der Waals surface area (Å²) in [5.41, 5.74) is 0.523. The zero-order valence-corrected chi connectivity index (χ0v) is 21.0. The molecule has 0 aliphatic rings. The van der Waals surface area contributed by atoms with Crippen molar-refractivity contribution in [1.82, 2.24) is 10.2 Å². The number of nitrogens with zero attached hydrogens (tertiary/aromatic N) is 2. The molecule has 0 spiro atoms. The number of amides is 1. The number of hydrogen-bond acceptors (Lipinski definition) is 6. The first kappa shape index (κ1) is 27.0. The molecule has 31 heavy (non-hydrogen) atoms. The van der Waals surface area contributed by atoms with E-state index in [1.165, 1.54) is 13.5 Å². The van der Waals surface area contributed by atoms with E-state index >= 15 is 0 Å². The molecule has 1 aromatic rings. The molecule has 0 aliphatic carbocycles. The number of benzene rings is 1. The number of thiocarbonyl (C=S) groups is 1. The molecule has 0 saturated carbocycles. The second-order valence-electron chi connectivity index (χ2n) is 8.63. The summed E-state index contributed by atoms with van der Waals surface area (Å²) >= 11 is 5.59. The van der Waals surface area contributed by atoms with Crippen LogP contribution in [-0.4, -0.2) is 43.0 Å². The normalized spacial score (nSPS) is 12.1. The Kier molecular flexibility index (Phi) is 11.1. The molecule has 0 aromatic heterocycles. The quantitative estimate of drug-likeness (QED) is 0.391. The molecule has 0 radical (unpaired) electrons. The molecule has 1 atom stereocenters. The third-order valence-corrected chi connectivity index (χ3v) is 5.30. The fraction of sp³-hybridized carbons (Fsp3) is 0.636. The Bertz CT molecular complexity index is 885. The molecule has 0 heterocycles. The van der Waals surface area contributed by atoms with Gasteiger partial charge in [0, 0.05) is 11.6 Å². The molecule has 1 aromatic carbocycles. The molecular formula is C22H35N3O4S2. The highest BCUT2D eigenvalue weighted by Gasteiger charge is 2.26. The van der Waals surface area contributed by atoms with Crippen LogP contribution in [0.3, 0.4) is 0 Å². The van der Waals surface area contributed by atoms with E-state index in [2.05, 4.69) is 16.6 Å². The van der Waals surface area contributed by atoms with Crippen molar-refractivity contribution in [2.24, 2.45) is 4.36 Å². The number of ether oxygens (including phenoxy) is 1. The van der Waals surface area contributed by atoms with Crippen molar-refractivity contribution in [3.05, 3.63) is 23.8 Å². The monoisotopic (exact) mass is 469 g/mol. The Morgan fingerprint density at radius 3 is 2.48 bits per heavy atom. The average molecular weight is 470 g/mol. The molecule has 1 N–H and O–H groups in total. The standard InChI is InChI=1S/C22H35N3O4S2/c1-7-8-9-10-11-16(2)25(21(30)23-22(3,4)5)20(26)15-17-12-13-19(29-6)18(14-17)24-31(27)28/h12-14,16H,7-11,15H2,1-6H3,(H,23,30). The lowest BCUT2D eigenvalue weighted by atomic mass is 10.1. The van der Waals surface area contributed by atoms with E-state index in [0.717, 1.165) is 25.7 Å². The zero-order valence-electron chi connectivity index (χ0n) is 19.4. The van der Waals surface area contributed by atoms with Gasteiger partial charge < -0.3 is 10.1 Å². The minimum Gasteiger partial charge on any atom is -0.494 e. The Balaban J connectivity index is 3.11. The Hall–Kier alpha value is -2.00. The fourth-order valence-corrected chi connectivity index (χ4v) is 4.08. The predicted octanol–water partition coefficient (Wildman–Crippen LogP) is 4.79. The van der Waals surface area contributed by atoms with Crippen molar-refractivity contribution in [2.45, 2.75) is 84.7 Å². The Morgan fingerprint density at radius 2 is 1.94 bits per heavy atom. The van der Waals surface area contributed by atoms with Crippen LogP contribution in [0.25, 0.3) is 0 Å². The lowest BCUT2D eigenvalue weighted by molar-refractivity contribution is -0.128. The van der Waals surface area contributed by atoms with E-state index in [1.807, 2.05) is 27.7 Å². The van der Waals surface area contributed by atoms with Gasteiger partial charge in [-0.05, 0) is 64.0 Å². The van der Waals surface area contributed by atoms with Crippen molar-refractivity contribution in [3.8, 4) is 5.75 Å². The Morgan fingerprint density at radius 1 is 1.26 bits per heavy atom. The van der Waals surface area contributed by atoms with Crippen LogP contribution in [0.2, 0.25) is 0 Å². The maximum atomic E-state index is 13.3. The SMILES string of the molecule is CCCCCCC(C)N(C(=O)Cc1ccc(OC)c(N=S(=O)=O)c1)C(=S)NC(C)(C)C. The van der Waals surface area contributed by atoms with E-state index < -0.39 is 10.5 Å². The lowest BCUT2D eigenvalue weighted by Crippen LogP contribution is -2.53. The van der Waals surface area contributed by atoms with Gasteiger partial charge in [-0.25, -0.2) is 0 Å². The Labute approximate surface area is 193 Å². The van der Waals surface area contributed by atoms with Crippen molar-refractivity contribution in [3.63, 3.8) is 0 Å². The van der Waals surface area contributed by atoms with Gasteiger partial charge in [-0.3, -0.25) is 9.69 Å². The third kappa shape index (κ3) is 9.78. The molecule has 0 saturated heterocycles. The summed E-state index contributed by atoms with van der Waals surface area (Å²) in [6, 6.07) is 4.84. The first-order valence-corrected chi connectivity index (χ1v) is 12.0. The zero-order chi connectivity index (χ0) is 23.6. The molecule has 9 heteroatoms. The van der Waals surface area contributed by atoms with Gasteiger partial charge in [0.25, 0.3) is 0 Å². The number of methoxy groups -OCH3 is 1. The number of carbonyl (C=O) groups is 1. The van der Waals surface area contributed by atoms with Crippen molar-refractivity contribution in [1.29, 1.82) is 0 Å². The van der Waals surface area contributed by atoms with Crippen molar-refractivity contribution in [2.75, 3.05) is 7.11 Å². The third-order valence-electron chi connectivity index (χ3n) is 4.66. The van der Waals surface area contributed by atoms with Crippen LogP contribution < -0.4 is 10.1 Å². The number of nitrogens with one attached hydrogen (secondary N) is 1. The number of unbranched alkanes of at least 4 members (excludes halogenated alkanes) is 3. The molecule has 7 nitrogen and oxygen atoms in total. The van der Waals surface area contributed by atoms with Gasteiger partial charge >= 0.3 is 10.5 Å². The summed E-state index contributed by atoms with van der Waals surface area (Å²) in [7, 11) is -1.19. The number of carbonyl (C=O) groups excluding carboxylic acids is 1. The topological polar surface area (TPSA) is 88.1 Å². The molecule has 0 bridgehead atoms. The molecular weight excluding hydrogens is 434 g/mol. The van der Waals surface area contributed by atoms with Gasteiger partial charge in [0.2, 0.25) is 5.91 Å². The summed E-state index contributed by atoms with van der Waals surface area (Å²) in [4.78, 5) is 14.9. The highest BCUT2D eigenvalue weighted by molar-refractivity contribution is 7.80. The van der Waals surface area contributed by atoms with E-state index in [9.17, 15) is 13.2 Å². The van der Waals surface area contributed by atoms with Crippen molar-refractivity contribution < 1.29 is 17.9 Å². The number of hydrogen-bond donors (Lipinski definition) is 1. The van der Waals surface area contributed by atoms with E-state index in [4.69, 9.17) is 17.0 Å². The minimum absolute atomic E-state index is 0.0525. The maximum Gasteiger partial charge on any atom is 0.316 e. The largest absolute Gasteiger partial charge is 0.494 e. The van der Waals surface area contributed by atoms with Crippen molar-refractivity contribution >= 4 is 39.4 Å². The van der Waals surface area contributed by atoms with Crippen LogP contribution in [-0.2, 0) is 21.7 Å². The molecule has 1 amide bonds. The minimum atomic E-state index is -2.62. The van der Waals surface area contributed by atoms with Gasteiger partial charge in [0.1, 0.15) is 11.4 Å². The van der Waals surface area contributed by atoms with E-state index in [0.29, 0.717) is 16.4 Å². The van der Waals surface area contributed by atoms with E-state index in [-0.39, 0.29) is 29.6 Å². The van der Waals surface area contributed by atoms with Crippen LogP contribution in [0, 0.1) is 0 Å². The van der Waals surface area contributed by atoms with Gasteiger partial charge in [0.15, 0.2) is 5.11 Å². The second-order valence-corrected chi connectivity index (χ2v) is 9.64. The van der Waals surface area contributed by atoms with Crippen LogP contribution in [0.5, 0.6) is 5.75 Å². The lowest BCUT2D eigenvalue weighted by Gasteiger charge is -2.34. The molecule has 1 rings (SSSR count). The molecule has 0 aliphatic heterocycles. The van der Waals surface area contributed by atoms with Gasteiger partial charge in [0.05, 0.1) is 13.5 Å². The predicted molar refractivity (Wildman–Crippen MR) is 128 cm³/mol. The smallest absolute Gasteiger partial charge is 0.316 e. The first-order chi connectivity index (χ1) is 14.5. The summed E-state index contributed by atoms with van der Waals surface area (Å²) in [6.45, 7) is 10.2. The van der Waals surface area contributed by atoms with Gasteiger partial charge in [-0.2, -0.15) is 8.42 Å². The summed E-state index contributed by atoms with van der Waals surface area (Å²) < 4.78 is 30.7. The highest BCUT2D eigenvalue weighted by Crippen LogP contribution is 2.29. The average Bonchev–Trinajstić information content (AvgIpc) is 2.63. The van der Waals surface area contributed by atoms with Crippen LogP contribution in [0.15, 0.2) is 22.6 Å². The van der Waals surface area contributed by atoms with E-state index in [1.54, 1.807) is 23.1 Å². The summed E-state index contributed by atoms with van der Waals surface area (Å²) in [6.07, 6.45) is 5.40. The molecule has 174 valence electrons. The molecule has 0 fully saturated rings. The number of rotatable bonds is 10. The van der Waals surface area contributed by atoms with Gasteiger partial charge in [-0.15, -0.1) is 4.36 Å². The van der Waals surface area contributed by atoms with Crippen LogP contribution in [0.1, 0.15) is 72.3 Å². The fourth-order valence-electron chi connectivity index (χ4n) is 3.19. The second kappa shape index (κ2) is 12.8. The van der Waals surface area contributed by atoms with Gasteiger partial charge in [-0.1, -0.05) is 38.7 Å². The maximum absolute atomic E-state index is 13.3.